The smallest absolute Gasteiger partial charge is 0.408 e. The molecule has 3 aliphatic heterocycles. The number of amides is 4. The van der Waals surface area contributed by atoms with Crippen molar-refractivity contribution in [3.63, 3.8) is 0 Å². The molecule has 4 amide bonds. The number of allylic oxidation sites excluding steroid dienone is 1. The predicted octanol–water partition coefficient (Wildman–Crippen LogP) is 5.47. The molecule has 7 rings (SSSR count). The number of nitrogens with zero attached hydrogens (tertiary/aromatic N) is 3. The normalized spacial score (nSPS) is 30.8. The molecule has 2 aromatic rings. The van der Waals surface area contributed by atoms with Crippen molar-refractivity contribution in [1.82, 2.24) is 24.8 Å². The average molecular weight is 812 g/mol. The fourth-order valence-electron chi connectivity index (χ4n) is 8.85. The standard InChI is InChI=1S/C41H54FN5O9S/c1-23(2)25(4)47(38(51)52)31-13-11-9-7-8-10-12-26-19-41(26,37(50)45-57(53,54)39(5)16-17-39)44-35(48)32-21-40(22-46(32)36(31)49)20-29(42)33-28-18-27(55-6)14-15-30(28)43-24(3)34(33)56-40/h10,12,14-15,18,23,25-26,29,31-32H,7-9,11,13,16-17,19-22H2,1-6H3,(H,44,48)(H,45,50)(H,51,52)/b12-10-/t25-,26+,29+,31-,32-,40+,41+/m0/s1. The molecule has 14 nitrogen and oxygen atoms in total. The topological polar surface area (TPSA) is 185 Å². The lowest BCUT2D eigenvalue weighted by Crippen LogP contribution is -2.60. The Balaban J connectivity index is 1.30. The van der Waals surface area contributed by atoms with Crippen LogP contribution < -0.4 is 19.5 Å². The molecule has 16 heteroatoms. The number of nitrogens with one attached hydrogen (secondary N) is 2. The molecule has 7 atom stereocenters. The molecule has 0 bridgehead atoms. The molecular formula is C41H54FN5O9S. The number of carbonyl (C=O) groups excluding carboxylic acids is 3. The van der Waals surface area contributed by atoms with Gasteiger partial charge in [0.1, 0.15) is 40.9 Å². The van der Waals surface area contributed by atoms with Gasteiger partial charge in [-0.2, -0.15) is 0 Å². The lowest BCUT2D eigenvalue weighted by molar-refractivity contribution is -0.144. The second-order valence-electron chi connectivity index (χ2n) is 17.4. The molecule has 310 valence electrons. The number of pyridine rings is 1. The van der Waals surface area contributed by atoms with Crippen LogP contribution in [0.3, 0.4) is 0 Å². The van der Waals surface area contributed by atoms with Gasteiger partial charge in [0.15, 0.2) is 0 Å². The molecule has 3 N–H and O–H groups in total. The van der Waals surface area contributed by atoms with Gasteiger partial charge in [-0.1, -0.05) is 38.8 Å². The van der Waals surface area contributed by atoms with Gasteiger partial charge in [0.05, 0.1) is 29.6 Å². The molecule has 57 heavy (non-hydrogen) atoms. The summed E-state index contributed by atoms with van der Waals surface area (Å²) in [6.45, 7) is 8.51. The third-order valence-electron chi connectivity index (χ3n) is 13.1. The highest BCUT2D eigenvalue weighted by molar-refractivity contribution is 7.91. The van der Waals surface area contributed by atoms with Crippen LogP contribution in [0.5, 0.6) is 11.5 Å². The second-order valence-corrected chi connectivity index (χ2v) is 19.6. The fraction of sp³-hybridized carbons (Fsp3) is 0.634. The number of hydrogen-bond acceptors (Lipinski definition) is 9. The van der Waals surface area contributed by atoms with Crippen molar-refractivity contribution in [2.45, 2.75) is 139 Å². The highest BCUT2D eigenvalue weighted by Crippen LogP contribution is 2.52. The number of ether oxygens (including phenoxy) is 2. The molecule has 5 aliphatic rings. The predicted molar refractivity (Wildman–Crippen MR) is 209 cm³/mol. The summed E-state index contributed by atoms with van der Waals surface area (Å²) in [5.74, 6) is -2.17. The SMILES string of the molecule is COc1ccc2nc(C)c3c(c2c1)[C@H](F)C[C@]1(C[C@H]2C(=O)N[C@]4(C(=O)NS(=O)(=O)C5(C)CC5)C[C@H]4/C=C\CCCCC[C@H](N(C(=O)O)[C@@H](C)C(C)C)C(=O)N2C1)O3. The van der Waals surface area contributed by atoms with E-state index in [0.29, 0.717) is 54.5 Å². The summed E-state index contributed by atoms with van der Waals surface area (Å²) in [6.07, 6.45) is 4.18. The average Bonchev–Trinajstić information content (AvgIpc) is 4.04. The molecule has 1 spiro atoms. The van der Waals surface area contributed by atoms with Gasteiger partial charge in [0, 0.05) is 35.8 Å². The maximum atomic E-state index is 16.9. The van der Waals surface area contributed by atoms with Crippen molar-refractivity contribution in [3.8, 4) is 11.5 Å². The number of fused-ring (bicyclic) bond motifs is 5. The van der Waals surface area contributed by atoms with Crippen molar-refractivity contribution in [2.75, 3.05) is 13.7 Å². The molecule has 2 saturated carbocycles. The Morgan fingerprint density at radius 1 is 1.14 bits per heavy atom. The van der Waals surface area contributed by atoms with Gasteiger partial charge in [-0.3, -0.25) is 24.0 Å². The minimum atomic E-state index is -4.05. The van der Waals surface area contributed by atoms with E-state index in [-0.39, 0.29) is 49.5 Å². The number of methoxy groups -OCH3 is 1. The maximum absolute atomic E-state index is 16.9. The zero-order valence-corrected chi connectivity index (χ0v) is 34.3. The van der Waals surface area contributed by atoms with Crippen LogP contribution in [0.25, 0.3) is 10.9 Å². The Kier molecular flexibility index (Phi) is 10.5. The van der Waals surface area contributed by atoms with Gasteiger partial charge in [-0.15, -0.1) is 0 Å². The van der Waals surface area contributed by atoms with Crippen molar-refractivity contribution < 1.29 is 46.6 Å². The summed E-state index contributed by atoms with van der Waals surface area (Å²) in [7, 11) is -2.54. The van der Waals surface area contributed by atoms with E-state index in [0.717, 1.165) is 6.42 Å². The quantitative estimate of drug-likeness (QED) is 0.303. The summed E-state index contributed by atoms with van der Waals surface area (Å²) in [5.41, 5.74) is -1.79. The molecular weight excluding hydrogens is 758 g/mol. The van der Waals surface area contributed by atoms with Gasteiger partial charge in [-0.05, 0) is 83.4 Å². The fourth-order valence-corrected chi connectivity index (χ4v) is 10.2. The first-order valence-corrected chi connectivity index (χ1v) is 21.5. The van der Waals surface area contributed by atoms with Crippen molar-refractivity contribution >= 4 is 44.7 Å². The minimum absolute atomic E-state index is 0.137. The molecule has 4 heterocycles. The molecule has 1 aromatic heterocycles. The van der Waals surface area contributed by atoms with Crippen LogP contribution in [-0.4, -0.2) is 99.8 Å². The van der Waals surface area contributed by atoms with Gasteiger partial charge in [0.2, 0.25) is 21.8 Å². The maximum Gasteiger partial charge on any atom is 0.408 e. The van der Waals surface area contributed by atoms with Crippen molar-refractivity contribution in [3.05, 3.63) is 41.6 Å². The van der Waals surface area contributed by atoms with Crippen LogP contribution in [0.1, 0.15) is 109 Å². The second kappa shape index (κ2) is 14.7. The highest BCUT2D eigenvalue weighted by Gasteiger charge is 2.64. The van der Waals surface area contributed by atoms with Gasteiger partial charge in [0.25, 0.3) is 5.91 Å². The van der Waals surface area contributed by atoms with E-state index in [1.165, 1.54) is 16.9 Å². The molecule has 0 unspecified atom stereocenters. The first kappa shape index (κ1) is 40.7. The molecule has 0 radical (unpaired) electrons. The van der Waals surface area contributed by atoms with Gasteiger partial charge >= 0.3 is 6.09 Å². The van der Waals surface area contributed by atoms with E-state index >= 15 is 9.18 Å². The highest BCUT2D eigenvalue weighted by atomic mass is 32.2. The van der Waals surface area contributed by atoms with E-state index in [1.54, 1.807) is 39.0 Å². The number of halogens is 1. The third kappa shape index (κ3) is 7.31. The number of benzene rings is 1. The van der Waals surface area contributed by atoms with E-state index in [1.807, 2.05) is 26.0 Å². The Morgan fingerprint density at radius 3 is 2.54 bits per heavy atom. The minimum Gasteiger partial charge on any atom is -0.497 e. The van der Waals surface area contributed by atoms with Crippen LogP contribution in [-0.2, 0) is 24.4 Å². The lowest BCUT2D eigenvalue weighted by Gasteiger charge is -2.40. The lowest BCUT2D eigenvalue weighted by atomic mass is 9.86. The summed E-state index contributed by atoms with van der Waals surface area (Å²) >= 11 is 0. The largest absolute Gasteiger partial charge is 0.497 e. The number of alkyl halides is 1. The van der Waals surface area contributed by atoms with Crippen LogP contribution in [0.15, 0.2) is 30.4 Å². The Labute approximate surface area is 333 Å². The number of hydrogen-bond donors (Lipinski definition) is 3. The van der Waals surface area contributed by atoms with Gasteiger partial charge in [-0.25, -0.2) is 22.6 Å². The zero-order valence-electron chi connectivity index (χ0n) is 33.5. The summed E-state index contributed by atoms with van der Waals surface area (Å²) < 4.78 is 56.7. The molecule has 1 aromatic carbocycles. The Morgan fingerprint density at radius 2 is 1.88 bits per heavy atom. The Bertz CT molecular complexity index is 2130. The van der Waals surface area contributed by atoms with Crippen molar-refractivity contribution in [2.24, 2.45) is 11.8 Å². The molecule has 1 saturated heterocycles. The summed E-state index contributed by atoms with van der Waals surface area (Å²) in [5, 5.41) is 14.0. The number of aryl methyl sites for hydroxylation is 1. The van der Waals surface area contributed by atoms with Crippen LogP contribution in [0, 0.1) is 18.8 Å². The zero-order chi connectivity index (χ0) is 41.2. The summed E-state index contributed by atoms with van der Waals surface area (Å²) in [4.78, 5) is 63.9. The number of rotatable bonds is 7. The monoisotopic (exact) mass is 811 g/mol. The van der Waals surface area contributed by atoms with Crippen molar-refractivity contribution in [1.29, 1.82) is 0 Å². The van der Waals surface area contributed by atoms with Gasteiger partial charge < -0.3 is 24.8 Å². The van der Waals surface area contributed by atoms with E-state index in [9.17, 15) is 27.9 Å². The number of sulfonamides is 1. The molecule has 3 fully saturated rings. The first-order chi connectivity index (χ1) is 26.9. The van der Waals surface area contributed by atoms with Crippen LogP contribution in [0.4, 0.5) is 9.18 Å². The first-order valence-electron chi connectivity index (χ1n) is 20.0. The summed E-state index contributed by atoms with van der Waals surface area (Å²) in [6, 6.07) is 2.12. The van der Waals surface area contributed by atoms with Crippen LogP contribution >= 0.6 is 0 Å². The van der Waals surface area contributed by atoms with E-state index in [4.69, 9.17) is 9.47 Å². The van der Waals surface area contributed by atoms with E-state index in [2.05, 4.69) is 15.0 Å². The number of carboxylic acid groups (broad SMARTS) is 1. The van der Waals surface area contributed by atoms with E-state index < -0.39 is 79.9 Å². The third-order valence-corrected chi connectivity index (χ3v) is 15.2. The Hall–Kier alpha value is -4.47. The number of carbonyl (C=O) groups is 4. The molecule has 2 aliphatic carbocycles. The number of aromatic nitrogens is 1. The van der Waals surface area contributed by atoms with Crippen LogP contribution in [0.2, 0.25) is 0 Å².